The van der Waals surface area contributed by atoms with Crippen LogP contribution in [0, 0.1) is 13.8 Å². The van der Waals surface area contributed by atoms with Gasteiger partial charge in [0.25, 0.3) is 5.56 Å². The molecular weight excluding hydrogens is 454 g/mol. The van der Waals surface area contributed by atoms with Gasteiger partial charge in [0.2, 0.25) is 9.84 Å². The third-order valence-electron chi connectivity index (χ3n) is 5.73. The van der Waals surface area contributed by atoms with Crippen LogP contribution in [0.4, 0.5) is 0 Å². The monoisotopic (exact) mass is 477 g/mol. The van der Waals surface area contributed by atoms with Gasteiger partial charge in [0.05, 0.1) is 23.1 Å². The summed E-state index contributed by atoms with van der Waals surface area (Å²) in [6.07, 6.45) is 0. The third-order valence-corrected chi connectivity index (χ3v) is 7.53. The first-order chi connectivity index (χ1) is 16.1. The molecule has 1 aromatic heterocycles. The number of sulfone groups is 1. The van der Waals surface area contributed by atoms with E-state index in [-0.39, 0.29) is 32.4 Å². The third kappa shape index (κ3) is 3.97. The lowest BCUT2D eigenvalue weighted by Gasteiger charge is -2.16. The molecule has 0 aliphatic heterocycles. The number of benzene rings is 3. The Morgan fingerprint density at radius 1 is 0.941 bits per heavy atom. The second-order valence-corrected chi connectivity index (χ2v) is 9.82. The predicted molar refractivity (Wildman–Crippen MR) is 129 cm³/mol. The highest BCUT2D eigenvalue weighted by Gasteiger charge is 2.27. The zero-order valence-corrected chi connectivity index (χ0v) is 20.0. The molecule has 7 nitrogen and oxygen atoms in total. The molecular formula is C26H23NO6S. The summed E-state index contributed by atoms with van der Waals surface area (Å²) in [6.45, 7) is 3.46. The minimum Gasteiger partial charge on any atom is -0.495 e. The van der Waals surface area contributed by atoms with E-state index in [9.17, 15) is 18.0 Å². The molecule has 174 valence electrons. The van der Waals surface area contributed by atoms with Crippen LogP contribution >= 0.6 is 0 Å². The number of para-hydroxylation sites is 1. The number of aryl methyl sites for hydroxylation is 2. The lowest BCUT2D eigenvalue weighted by molar-refractivity contribution is 0.0735. The van der Waals surface area contributed by atoms with Gasteiger partial charge >= 0.3 is 5.97 Å². The van der Waals surface area contributed by atoms with E-state index in [1.54, 1.807) is 50.4 Å². The standard InChI is InChI=1S/C26H23NO6S/c1-16-9-11-18(12-10-16)34(30,31)23-14-13-19(17(2)25(23)32-4)26(29)33-22-15-24(28)27(3)21-8-6-5-7-20(21)22/h5-15H,1-4H3. The molecule has 34 heavy (non-hydrogen) atoms. The number of rotatable bonds is 5. The first kappa shape index (κ1) is 23.3. The number of fused-ring (bicyclic) bond motifs is 1. The quantitative estimate of drug-likeness (QED) is 0.400. The van der Waals surface area contributed by atoms with Crippen molar-refractivity contribution in [3.05, 3.63) is 93.8 Å². The normalized spacial score (nSPS) is 11.4. The molecule has 0 aliphatic rings. The molecule has 0 N–H and O–H groups in total. The zero-order valence-electron chi connectivity index (χ0n) is 19.2. The van der Waals surface area contributed by atoms with Gasteiger partial charge < -0.3 is 14.0 Å². The number of hydrogen-bond acceptors (Lipinski definition) is 6. The summed E-state index contributed by atoms with van der Waals surface area (Å²) >= 11 is 0. The highest BCUT2D eigenvalue weighted by atomic mass is 32.2. The Hall–Kier alpha value is -3.91. The van der Waals surface area contributed by atoms with Crippen molar-refractivity contribution < 1.29 is 22.7 Å². The molecule has 0 fully saturated rings. The second-order valence-electron chi connectivity index (χ2n) is 7.90. The predicted octanol–water partition coefficient (Wildman–Crippen LogP) is 4.22. The number of ether oxygens (including phenoxy) is 2. The van der Waals surface area contributed by atoms with Crippen LogP contribution in [0.15, 0.2) is 81.3 Å². The Kier molecular flexibility index (Phi) is 6.01. The molecule has 0 unspecified atom stereocenters. The van der Waals surface area contributed by atoms with Crippen molar-refractivity contribution in [3.63, 3.8) is 0 Å². The number of nitrogens with zero attached hydrogens (tertiary/aromatic N) is 1. The molecule has 0 spiro atoms. The maximum absolute atomic E-state index is 13.2. The van der Waals surface area contributed by atoms with Crippen molar-refractivity contribution in [1.29, 1.82) is 0 Å². The Labute approximate surface area is 197 Å². The Balaban J connectivity index is 1.77. The number of pyridine rings is 1. The van der Waals surface area contributed by atoms with E-state index >= 15 is 0 Å². The Morgan fingerprint density at radius 2 is 1.62 bits per heavy atom. The number of aromatic nitrogens is 1. The van der Waals surface area contributed by atoms with Crippen LogP contribution in [0.25, 0.3) is 10.9 Å². The zero-order chi connectivity index (χ0) is 24.6. The number of carbonyl (C=O) groups is 1. The summed E-state index contributed by atoms with van der Waals surface area (Å²) in [6, 6.07) is 17.5. The summed E-state index contributed by atoms with van der Waals surface area (Å²) in [5.74, 6) is -0.546. The van der Waals surface area contributed by atoms with E-state index in [4.69, 9.17) is 9.47 Å². The van der Waals surface area contributed by atoms with Crippen LogP contribution in [0.1, 0.15) is 21.5 Å². The van der Waals surface area contributed by atoms with E-state index in [1.165, 1.54) is 42.0 Å². The van der Waals surface area contributed by atoms with Gasteiger partial charge in [0.15, 0.2) is 0 Å². The maximum Gasteiger partial charge on any atom is 0.343 e. The Bertz CT molecular complexity index is 1580. The van der Waals surface area contributed by atoms with E-state index in [2.05, 4.69) is 0 Å². The van der Waals surface area contributed by atoms with Gasteiger partial charge in [-0.15, -0.1) is 0 Å². The van der Waals surface area contributed by atoms with Crippen molar-refractivity contribution >= 4 is 26.7 Å². The second kappa shape index (κ2) is 8.79. The largest absolute Gasteiger partial charge is 0.495 e. The minimum atomic E-state index is -3.88. The van der Waals surface area contributed by atoms with Crippen LogP contribution in [0.5, 0.6) is 11.5 Å². The van der Waals surface area contributed by atoms with Crippen molar-refractivity contribution in [1.82, 2.24) is 4.57 Å². The van der Waals surface area contributed by atoms with E-state index in [0.717, 1.165) is 5.56 Å². The number of hydrogen-bond donors (Lipinski definition) is 0. The topological polar surface area (TPSA) is 91.7 Å². The van der Waals surface area contributed by atoms with Crippen molar-refractivity contribution in [2.24, 2.45) is 7.05 Å². The SMILES string of the molecule is COc1c(S(=O)(=O)c2ccc(C)cc2)ccc(C(=O)Oc2cc(=O)n(C)c3ccccc23)c1C. The minimum absolute atomic E-state index is 0.0491. The van der Waals surface area contributed by atoms with Crippen LogP contribution < -0.4 is 15.0 Å². The van der Waals surface area contributed by atoms with Gasteiger partial charge in [-0.3, -0.25) is 4.79 Å². The highest BCUT2D eigenvalue weighted by molar-refractivity contribution is 7.91. The molecule has 0 atom stereocenters. The number of methoxy groups -OCH3 is 1. The van der Waals surface area contributed by atoms with E-state index < -0.39 is 15.8 Å². The summed E-state index contributed by atoms with van der Waals surface area (Å²) in [7, 11) is -0.898. The molecule has 0 saturated heterocycles. The molecule has 3 aromatic carbocycles. The smallest absolute Gasteiger partial charge is 0.343 e. The van der Waals surface area contributed by atoms with Gasteiger partial charge in [-0.05, 0) is 50.2 Å². The molecule has 4 aromatic rings. The van der Waals surface area contributed by atoms with Crippen LogP contribution in [0.2, 0.25) is 0 Å². The molecule has 0 amide bonds. The molecule has 0 bridgehead atoms. The van der Waals surface area contributed by atoms with Crippen LogP contribution in [-0.4, -0.2) is 26.1 Å². The van der Waals surface area contributed by atoms with Crippen LogP contribution in [0.3, 0.4) is 0 Å². The van der Waals surface area contributed by atoms with Crippen LogP contribution in [-0.2, 0) is 16.9 Å². The van der Waals surface area contributed by atoms with Gasteiger partial charge in [-0.1, -0.05) is 29.8 Å². The average molecular weight is 478 g/mol. The van der Waals surface area contributed by atoms with Gasteiger partial charge in [0, 0.05) is 24.1 Å². The van der Waals surface area contributed by atoms with Crippen molar-refractivity contribution in [2.45, 2.75) is 23.6 Å². The van der Waals surface area contributed by atoms with Gasteiger partial charge in [-0.2, -0.15) is 0 Å². The molecule has 0 aliphatic carbocycles. The highest BCUT2D eigenvalue weighted by Crippen LogP contribution is 2.35. The number of carbonyl (C=O) groups excluding carboxylic acids is 1. The molecule has 4 rings (SSSR count). The fourth-order valence-corrected chi connectivity index (χ4v) is 5.29. The number of esters is 1. The average Bonchev–Trinajstić information content (AvgIpc) is 2.82. The molecule has 1 heterocycles. The lowest BCUT2D eigenvalue weighted by Crippen LogP contribution is -2.19. The molecule has 0 saturated carbocycles. The van der Waals surface area contributed by atoms with Gasteiger partial charge in [-0.25, -0.2) is 13.2 Å². The summed E-state index contributed by atoms with van der Waals surface area (Å²) in [4.78, 5) is 25.5. The van der Waals surface area contributed by atoms with E-state index in [0.29, 0.717) is 16.5 Å². The lowest BCUT2D eigenvalue weighted by atomic mass is 10.1. The van der Waals surface area contributed by atoms with E-state index in [1.807, 2.05) is 6.92 Å². The molecule has 8 heteroatoms. The van der Waals surface area contributed by atoms with Crippen molar-refractivity contribution in [3.8, 4) is 11.5 Å². The van der Waals surface area contributed by atoms with Gasteiger partial charge in [0.1, 0.15) is 16.4 Å². The fourth-order valence-electron chi connectivity index (χ4n) is 3.82. The molecule has 0 radical (unpaired) electrons. The maximum atomic E-state index is 13.2. The Morgan fingerprint density at radius 3 is 2.29 bits per heavy atom. The first-order valence-corrected chi connectivity index (χ1v) is 11.9. The summed E-state index contributed by atoms with van der Waals surface area (Å²) in [5.41, 5.74) is 1.67. The van der Waals surface area contributed by atoms with Crippen molar-refractivity contribution in [2.75, 3.05) is 7.11 Å². The first-order valence-electron chi connectivity index (χ1n) is 10.5. The summed E-state index contributed by atoms with van der Waals surface area (Å²) < 4.78 is 38.9. The summed E-state index contributed by atoms with van der Waals surface area (Å²) in [5, 5.41) is 0.598. The fraction of sp³-hybridized carbons (Fsp3) is 0.154.